The topological polar surface area (TPSA) is 109 Å². The molecule has 132 valence electrons. The molecular weight excluding hydrogens is 334 g/mol. The van der Waals surface area contributed by atoms with E-state index < -0.39 is 11.7 Å². The number of anilines is 2. The van der Waals surface area contributed by atoms with Crippen molar-refractivity contribution in [3.8, 4) is 0 Å². The largest absolute Gasteiger partial charge is 0.360 e. The van der Waals surface area contributed by atoms with Crippen LogP contribution in [0.4, 0.5) is 11.6 Å². The van der Waals surface area contributed by atoms with E-state index in [1.54, 1.807) is 13.1 Å². The molecule has 0 fully saturated rings. The van der Waals surface area contributed by atoms with Crippen LogP contribution in [0.1, 0.15) is 35.2 Å². The normalized spacial score (nSPS) is 16.2. The average Bonchev–Trinajstić information content (AvgIpc) is 3.16. The SMILES string of the molecule is C[C@@H]1CC(=O)Nc2c1c(NC(=O)C(=O)c1c[nH]c3ccccc13)nn2C. The molecule has 26 heavy (non-hydrogen) atoms. The first-order chi connectivity index (χ1) is 12.5. The molecule has 2 amide bonds. The van der Waals surface area contributed by atoms with Gasteiger partial charge in [-0.3, -0.25) is 19.1 Å². The minimum atomic E-state index is -0.764. The molecule has 0 unspecified atom stereocenters. The van der Waals surface area contributed by atoms with E-state index in [4.69, 9.17) is 0 Å². The van der Waals surface area contributed by atoms with Gasteiger partial charge >= 0.3 is 0 Å². The predicted octanol–water partition coefficient (Wildman–Crippen LogP) is 2.17. The fourth-order valence-electron chi connectivity index (χ4n) is 3.36. The smallest absolute Gasteiger partial charge is 0.298 e. The molecule has 0 aliphatic carbocycles. The number of benzene rings is 1. The van der Waals surface area contributed by atoms with Crippen LogP contribution in [0.5, 0.6) is 0 Å². The van der Waals surface area contributed by atoms with Crippen molar-refractivity contribution in [2.75, 3.05) is 10.6 Å². The maximum atomic E-state index is 12.6. The van der Waals surface area contributed by atoms with Gasteiger partial charge in [0.2, 0.25) is 5.91 Å². The van der Waals surface area contributed by atoms with Crippen molar-refractivity contribution >= 4 is 40.1 Å². The van der Waals surface area contributed by atoms with Crippen molar-refractivity contribution in [3.05, 3.63) is 41.6 Å². The Labute approximate surface area is 148 Å². The van der Waals surface area contributed by atoms with Gasteiger partial charge in [0.25, 0.3) is 11.7 Å². The van der Waals surface area contributed by atoms with Gasteiger partial charge in [0.05, 0.1) is 5.56 Å². The average molecular weight is 351 g/mol. The first-order valence-electron chi connectivity index (χ1n) is 8.24. The number of rotatable bonds is 3. The number of hydrogen-bond donors (Lipinski definition) is 3. The van der Waals surface area contributed by atoms with Gasteiger partial charge < -0.3 is 15.6 Å². The number of hydrogen-bond acceptors (Lipinski definition) is 4. The Morgan fingerprint density at radius 3 is 2.88 bits per heavy atom. The van der Waals surface area contributed by atoms with Crippen LogP contribution < -0.4 is 10.6 Å². The van der Waals surface area contributed by atoms with Crippen LogP contribution in [0.15, 0.2) is 30.5 Å². The monoisotopic (exact) mass is 351 g/mol. The summed E-state index contributed by atoms with van der Waals surface area (Å²) in [6.07, 6.45) is 1.83. The van der Waals surface area contributed by atoms with Crippen molar-refractivity contribution in [2.45, 2.75) is 19.3 Å². The van der Waals surface area contributed by atoms with Crippen LogP contribution in [-0.4, -0.2) is 32.4 Å². The number of nitrogens with zero attached hydrogens (tertiary/aromatic N) is 2. The van der Waals surface area contributed by atoms with Crippen LogP contribution in [0.3, 0.4) is 0 Å². The fraction of sp³-hybridized carbons (Fsp3) is 0.222. The Morgan fingerprint density at radius 1 is 1.31 bits per heavy atom. The summed E-state index contributed by atoms with van der Waals surface area (Å²) in [5, 5.41) is 10.3. The number of Topliss-reactive ketones (excluding diaryl/α,β-unsaturated/α-hetero) is 1. The molecule has 0 saturated carbocycles. The molecule has 0 spiro atoms. The maximum Gasteiger partial charge on any atom is 0.298 e. The zero-order valence-corrected chi connectivity index (χ0v) is 14.3. The second-order valence-corrected chi connectivity index (χ2v) is 6.42. The van der Waals surface area contributed by atoms with Gasteiger partial charge in [0.1, 0.15) is 5.82 Å². The molecule has 1 aliphatic rings. The molecule has 1 atom stereocenters. The summed E-state index contributed by atoms with van der Waals surface area (Å²) in [5.41, 5.74) is 1.83. The van der Waals surface area contributed by atoms with Crippen LogP contribution in [0.2, 0.25) is 0 Å². The Kier molecular flexibility index (Phi) is 3.61. The predicted molar refractivity (Wildman–Crippen MR) is 96.1 cm³/mol. The lowest BCUT2D eigenvalue weighted by atomic mass is 9.95. The second-order valence-electron chi connectivity index (χ2n) is 6.42. The highest BCUT2D eigenvalue weighted by Gasteiger charge is 2.31. The molecule has 8 nitrogen and oxygen atoms in total. The quantitative estimate of drug-likeness (QED) is 0.496. The molecule has 0 bridgehead atoms. The zero-order chi connectivity index (χ0) is 18.4. The molecule has 2 aromatic heterocycles. The Bertz CT molecular complexity index is 1060. The number of aryl methyl sites for hydroxylation is 1. The summed E-state index contributed by atoms with van der Waals surface area (Å²) in [6.45, 7) is 1.89. The number of H-pyrrole nitrogens is 1. The summed E-state index contributed by atoms with van der Waals surface area (Å²) in [7, 11) is 1.67. The first-order valence-corrected chi connectivity index (χ1v) is 8.24. The third-order valence-electron chi connectivity index (χ3n) is 4.60. The number of carbonyl (C=O) groups is 3. The van der Waals surface area contributed by atoms with Crippen LogP contribution in [0, 0.1) is 0 Å². The van der Waals surface area contributed by atoms with Gasteiger partial charge in [-0.25, -0.2) is 0 Å². The number of ketones is 1. The number of fused-ring (bicyclic) bond motifs is 2. The minimum absolute atomic E-state index is 0.0965. The number of para-hydroxylation sites is 1. The summed E-state index contributed by atoms with van der Waals surface area (Å²) in [6, 6.07) is 7.28. The molecule has 0 saturated heterocycles. The van der Waals surface area contributed by atoms with Crippen LogP contribution in [-0.2, 0) is 16.6 Å². The van der Waals surface area contributed by atoms with E-state index in [1.807, 2.05) is 25.1 Å². The van der Waals surface area contributed by atoms with Crippen LogP contribution >= 0.6 is 0 Å². The Morgan fingerprint density at radius 2 is 2.08 bits per heavy atom. The number of aromatic nitrogens is 3. The van der Waals surface area contributed by atoms with Gasteiger partial charge in [-0.15, -0.1) is 0 Å². The third-order valence-corrected chi connectivity index (χ3v) is 4.60. The molecule has 1 aromatic carbocycles. The van der Waals surface area contributed by atoms with Crippen molar-refractivity contribution in [1.29, 1.82) is 0 Å². The number of nitrogens with one attached hydrogen (secondary N) is 3. The lowest BCUT2D eigenvalue weighted by Crippen LogP contribution is -2.25. The van der Waals surface area contributed by atoms with Gasteiger partial charge in [-0.1, -0.05) is 25.1 Å². The summed E-state index contributed by atoms with van der Waals surface area (Å²) >= 11 is 0. The summed E-state index contributed by atoms with van der Waals surface area (Å²) < 4.78 is 1.49. The highest BCUT2D eigenvalue weighted by Crippen LogP contribution is 2.37. The van der Waals surface area contributed by atoms with Gasteiger partial charge in [0.15, 0.2) is 5.82 Å². The lowest BCUT2D eigenvalue weighted by Gasteiger charge is -2.20. The second kappa shape index (κ2) is 5.83. The van der Waals surface area contributed by atoms with Crippen molar-refractivity contribution in [1.82, 2.24) is 14.8 Å². The number of carbonyl (C=O) groups excluding carboxylic acids is 3. The van der Waals surface area contributed by atoms with E-state index >= 15 is 0 Å². The highest BCUT2D eigenvalue weighted by molar-refractivity contribution is 6.48. The van der Waals surface area contributed by atoms with E-state index in [0.717, 1.165) is 11.1 Å². The molecular formula is C18H17N5O3. The van der Waals surface area contributed by atoms with Gasteiger partial charge in [0, 0.05) is 36.1 Å². The van der Waals surface area contributed by atoms with Crippen LogP contribution in [0.25, 0.3) is 10.9 Å². The molecule has 3 heterocycles. The Balaban J connectivity index is 1.64. The molecule has 0 radical (unpaired) electrons. The lowest BCUT2D eigenvalue weighted by molar-refractivity contribution is -0.116. The minimum Gasteiger partial charge on any atom is -0.360 e. The van der Waals surface area contributed by atoms with E-state index in [-0.39, 0.29) is 11.8 Å². The summed E-state index contributed by atoms with van der Waals surface area (Å²) in [4.78, 5) is 39.8. The molecule has 8 heteroatoms. The number of amides is 2. The molecule has 3 N–H and O–H groups in total. The van der Waals surface area contributed by atoms with E-state index in [9.17, 15) is 14.4 Å². The standard InChI is InChI=1S/C18H17N5O3/c1-9-7-13(24)20-17-14(9)16(22-23(17)2)21-18(26)15(25)11-8-19-12-6-4-3-5-10(11)12/h3-6,8-9,19H,7H2,1-2H3,(H,20,24)(H,21,22,26)/t9-/m1/s1. The maximum absolute atomic E-state index is 12.6. The van der Waals surface area contributed by atoms with Gasteiger partial charge in [-0.2, -0.15) is 5.10 Å². The number of aromatic amines is 1. The fourth-order valence-corrected chi connectivity index (χ4v) is 3.36. The van der Waals surface area contributed by atoms with E-state index in [2.05, 4.69) is 20.7 Å². The van der Waals surface area contributed by atoms with E-state index in [0.29, 0.717) is 29.0 Å². The van der Waals surface area contributed by atoms with Crippen molar-refractivity contribution < 1.29 is 14.4 Å². The molecule has 1 aliphatic heterocycles. The molecule has 3 aromatic rings. The Hall–Kier alpha value is -3.42. The third kappa shape index (κ3) is 2.46. The van der Waals surface area contributed by atoms with E-state index in [1.165, 1.54) is 10.9 Å². The van der Waals surface area contributed by atoms with Crippen molar-refractivity contribution in [3.63, 3.8) is 0 Å². The first kappa shape index (κ1) is 16.1. The summed E-state index contributed by atoms with van der Waals surface area (Å²) in [5.74, 6) is -0.766. The van der Waals surface area contributed by atoms with Crippen molar-refractivity contribution in [2.24, 2.45) is 7.05 Å². The zero-order valence-electron chi connectivity index (χ0n) is 14.3. The van der Waals surface area contributed by atoms with Gasteiger partial charge in [-0.05, 0) is 12.0 Å². The molecule has 4 rings (SSSR count). The highest BCUT2D eigenvalue weighted by atomic mass is 16.2.